The van der Waals surface area contributed by atoms with Crippen LogP contribution < -0.4 is 14.2 Å². The highest BCUT2D eigenvalue weighted by molar-refractivity contribution is 5.73. The molecule has 32 heavy (non-hydrogen) atoms. The topological polar surface area (TPSA) is 109 Å². The fraction of sp³-hybridized carbons (Fsp3) is 0.200. The molecule has 3 aromatic carbocycles. The quantitative estimate of drug-likeness (QED) is 0.429. The molecule has 1 heterocycles. The molecule has 7 heteroatoms. The van der Waals surface area contributed by atoms with Crippen molar-refractivity contribution in [2.24, 2.45) is 0 Å². The first-order valence-corrected chi connectivity index (χ1v) is 10.0. The smallest absolute Gasteiger partial charge is 0.165 e. The summed E-state index contributed by atoms with van der Waals surface area (Å²) in [4.78, 5) is 0. The lowest BCUT2D eigenvalue weighted by molar-refractivity contribution is 0.157. The van der Waals surface area contributed by atoms with Crippen LogP contribution in [0.25, 0.3) is 12.2 Å². The molecule has 166 valence electrons. The molecule has 0 fully saturated rings. The summed E-state index contributed by atoms with van der Waals surface area (Å²) in [6, 6.07) is 13.0. The normalized spacial score (nSPS) is 17.2. The lowest BCUT2D eigenvalue weighted by atomic mass is 9.90. The van der Waals surface area contributed by atoms with Crippen LogP contribution in [-0.4, -0.2) is 41.3 Å². The molecule has 4 N–H and O–H groups in total. The molecule has 1 aliphatic rings. The molecule has 0 saturated heterocycles. The van der Waals surface area contributed by atoms with E-state index in [1.165, 1.54) is 31.4 Å². The highest BCUT2D eigenvalue weighted by Gasteiger charge is 2.37. The van der Waals surface area contributed by atoms with Crippen LogP contribution in [0.4, 0.5) is 0 Å². The van der Waals surface area contributed by atoms with Gasteiger partial charge in [-0.2, -0.15) is 0 Å². The van der Waals surface area contributed by atoms with Crippen molar-refractivity contribution in [3.05, 3.63) is 70.8 Å². The van der Waals surface area contributed by atoms with Crippen molar-refractivity contribution in [2.75, 3.05) is 20.8 Å². The molecule has 2 unspecified atom stereocenters. The number of aliphatic hydroxyl groups excluding tert-OH is 1. The minimum Gasteiger partial charge on any atom is -0.508 e. The van der Waals surface area contributed by atoms with E-state index in [9.17, 15) is 20.4 Å². The highest BCUT2D eigenvalue weighted by atomic mass is 16.5. The fourth-order valence-electron chi connectivity index (χ4n) is 3.94. The predicted molar refractivity (Wildman–Crippen MR) is 120 cm³/mol. The molecule has 0 bridgehead atoms. The number of aliphatic hydroxyl groups is 1. The average Bonchev–Trinajstić information content (AvgIpc) is 3.15. The van der Waals surface area contributed by atoms with Crippen LogP contribution in [0.5, 0.6) is 34.5 Å². The van der Waals surface area contributed by atoms with E-state index in [-0.39, 0.29) is 29.8 Å². The van der Waals surface area contributed by atoms with Crippen LogP contribution in [0.2, 0.25) is 0 Å². The maximum atomic E-state index is 10.2. The second kappa shape index (κ2) is 8.72. The monoisotopic (exact) mass is 436 g/mol. The van der Waals surface area contributed by atoms with Crippen molar-refractivity contribution in [3.63, 3.8) is 0 Å². The van der Waals surface area contributed by atoms with E-state index in [2.05, 4.69) is 0 Å². The summed E-state index contributed by atoms with van der Waals surface area (Å²) in [6.07, 6.45) is 3.09. The fourth-order valence-corrected chi connectivity index (χ4v) is 3.94. The number of rotatable bonds is 6. The second-order valence-electron chi connectivity index (χ2n) is 7.52. The Morgan fingerprint density at radius 1 is 0.844 bits per heavy atom. The summed E-state index contributed by atoms with van der Waals surface area (Å²) in [5.74, 6) is 1.00. The van der Waals surface area contributed by atoms with Crippen LogP contribution >= 0.6 is 0 Å². The number of hydrogen-bond acceptors (Lipinski definition) is 7. The van der Waals surface area contributed by atoms with E-state index < -0.39 is 6.10 Å². The van der Waals surface area contributed by atoms with Crippen molar-refractivity contribution in [3.8, 4) is 34.5 Å². The van der Waals surface area contributed by atoms with Gasteiger partial charge in [-0.3, -0.25) is 0 Å². The van der Waals surface area contributed by atoms with E-state index in [1.54, 1.807) is 25.3 Å². The maximum Gasteiger partial charge on any atom is 0.165 e. The number of phenolic OH excluding ortho intramolecular Hbond substituents is 3. The number of fused-ring (bicyclic) bond motifs is 1. The first-order chi connectivity index (χ1) is 15.4. The Balaban J connectivity index is 1.71. The number of ether oxygens (including phenoxy) is 3. The van der Waals surface area contributed by atoms with Crippen molar-refractivity contribution in [1.29, 1.82) is 0 Å². The molecule has 2 atom stereocenters. The standard InChI is InChI=1S/C25H24O7/c1-30-22-11-16(5-6-21(22)29)24-20(13-26)19-9-15(10-23(31-2)25(19)32-24)4-3-14-7-17(27)12-18(28)8-14/h3-12,20,24,26-29H,13H2,1-2H3. The summed E-state index contributed by atoms with van der Waals surface area (Å²) in [7, 11) is 3.02. The zero-order chi connectivity index (χ0) is 22.8. The van der Waals surface area contributed by atoms with Gasteiger partial charge in [-0.1, -0.05) is 18.2 Å². The van der Waals surface area contributed by atoms with Gasteiger partial charge in [-0.05, 0) is 53.1 Å². The van der Waals surface area contributed by atoms with Gasteiger partial charge in [0.1, 0.15) is 17.6 Å². The van der Waals surface area contributed by atoms with E-state index in [0.29, 0.717) is 22.8 Å². The minimum atomic E-state index is -0.486. The van der Waals surface area contributed by atoms with Gasteiger partial charge in [0.25, 0.3) is 0 Å². The molecule has 0 spiro atoms. The minimum absolute atomic E-state index is 0.0234. The third-order valence-corrected chi connectivity index (χ3v) is 5.46. The van der Waals surface area contributed by atoms with E-state index in [1.807, 2.05) is 18.2 Å². The first kappa shape index (κ1) is 21.4. The largest absolute Gasteiger partial charge is 0.508 e. The zero-order valence-electron chi connectivity index (χ0n) is 17.6. The van der Waals surface area contributed by atoms with Gasteiger partial charge in [0.05, 0.1) is 26.7 Å². The zero-order valence-corrected chi connectivity index (χ0v) is 17.6. The molecule has 0 aromatic heterocycles. The third kappa shape index (κ3) is 4.02. The van der Waals surface area contributed by atoms with Gasteiger partial charge >= 0.3 is 0 Å². The van der Waals surface area contributed by atoms with Gasteiger partial charge in [0.15, 0.2) is 23.0 Å². The second-order valence-corrected chi connectivity index (χ2v) is 7.52. The third-order valence-electron chi connectivity index (χ3n) is 5.46. The van der Waals surface area contributed by atoms with Gasteiger partial charge in [-0.15, -0.1) is 0 Å². The van der Waals surface area contributed by atoms with E-state index >= 15 is 0 Å². The van der Waals surface area contributed by atoms with Crippen molar-refractivity contribution < 1.29 is 34.6 Å². The van der Waals surface area contributed by atoms with Crippen LogP contribution in [0.1, 0.15) is 34.3 Å². The Kier molecular flexibility index (Phi) is 5.83. The number of aromatic hydroxyl groups is 3. The number of phenols is 3. The molecular formula is C25H24O7. The van der Waals surface area contributed by atoms with Gasteiger partial charge in [0, 0.05) is 11.6 Å². The molecule has 7 nitrogen and oxygen atoms in total. The van der Waals surface area contributed by atoms with E-state index in [4.69, 9.17) is 14.2 Å². The highest BCUT2D eigenvalue weighted by Crippen LogP contribution is 2.51. The molecule has 3 aromatic rings. The Morgan fingerprint density at radius 2 is 1.50 bits per heavy atom. The van der Waals surface area contributed by atoms with Gasteiger partial charge < -0.3 is 34.6 Å². The predicted octanol–water partition coefficient (Wildman–Crippen LogP) is 4.20. The van der Waals surface area contributed by atoms with Crippen molar-refractivity contribution >= 4 is 12.2 Å². The Labute approximate surface area is 185 Å². The van der Waals surface area contributed by atoms with Crippen LogP contribution in [-0.2, 0) is 0 Å². The summed E-state index contributed by atoms with van der Waals surface area (Å²) in [5, 5.41) is 39.4. The maximum absolute atomic E-state index is 10.2. The molecule has 1 aliphatic heterocycles. The Morgan fingerprint density at radius 3 is 2.12 bits per heavy atom. The summed E-state index contributed by atoms with van der Waals surface area (Å²) >= 11 is 0. The molecule has 0 saturated carbocycles. The average molecular weight is 436 g/mol. The molecule has 0 amide bonds. The summed E-state index contributed by atoms with van der Waals surface area (Å²) in [5.41, 5.74) is 2.98. The Hall–Kier alpha value is -3.84. The lowest BCUT2D eigenvalue weighted by Crippen LogP contribution is -2.13. The SMILES string of the molecule is COc1cc(C2Oc3c(OC)cc(C=Cc4cc(O)cc(O)c4)cc3C2CO)ccc1O. The number of methoxy groups -OCH3 is 2. The van der Waals surface area contributed by atoms with E-state index in [0.717, 1.165) is 16.7 Å². The summed E-state index contributed by atoms with van der Waals surface area (Å²) < 4.78 is 16.9. The first-order valence-electron chi connectivity index (χ1n) is 10.0. The van der Waals surface area contributed by atoms with Crippen LogP contribution in [0, 0.1) is 0 Å². The molecular weight excluding hydrogens is 412 g/mol. The Bertz CT molecular complexity index is 1150. The molecule has 0 radical (unpaired) electrons. The van der Waals surface area contributed by atoms with Gasteiger partial charge in [-0.25, -0.2) is 0 Å². The van der Waals surface area contributed by atoms with Gasteiger partial charge in [0.2, 0.25) is 0 Å². The number of benzene rings is 3. The number of hydrogen-bond donors (Lipinski definition) is 4. The van der Waals surface area contributed by atoms with Crippen molar-refractivity contribution in [2.45, 2.75) is 12.0 Å². The van der Waals surface area contributed by atoms with Crippen LogP contribution in [0.3, 0.4) is 0 Å². The molecule has 4 rings (SSSR count). The summed E-state index contributed by atoms with van der Waals surface area (Å²) in [6.45, 7) is -0.155. The lowest BCUT2D eigenvalue weighted by Gasteiger charge is -2.18. The molecule has 0 aliphatic carbocycles. The van der Waals surface area contributed by atoms with Crippen LogP contribution in [0.15, 0.2) is 48.5 Å². The van der Waals surface area contributed by atoms with Crippen molar-refractivity contribution in [1.82, 2.24) is 0 Å².